The number of nitrogens with two attached hydrogens (primary N) is 1. The van der Waals surface area contributed by atoms with Gasteiger partial charge < -0.3 is 21.3 Å². The van der Waals surface area contributed by atoms with E-state index in [4.69, 9.17) is 5.73 Å². The van der Waals surface area contributed by atoms with Gasteiger partial charge in [0, 0.05) is 32.7 Å². The zero-order valence-corrected chi connectivity index (χ0v) is 14.7. The molecule has 0 aliphatic rings. The average molecular weight is 351 g/mol. The lowest BCUT2D eigenvalue weighted by molar-refractivity contribution is -0.384. The highest BCUT2D eigenvalue weighted by Crippen LogP contribution is 2.29. The Morgan fingerprint density at radius 1 is 1.32 bits per heavy atom. The quantitative estimate of drug-likeness (QED) is 0.355. The number of amides is 3. The van der Waals surface area contributed by atoms with E-state index < -0.39 is 11.0 Å². The van der Waals surface area contributed by atoms with Gasteiger partial charge in [0.05, 0.1) is 10.5 Å². The van der Waals surface area contributed by atoms with Crippen LogP contribution in [-0.4, -0.2) is 48.4 Å². The topological polar surface area (TPSA) is 131 Å². The highest BCUT2D eigenvalue weighted by molar-refractivity contribution is 6.01. The molecule has 138 valence electrons. The van der Waals surface area contributed by atoms with Crippen LogP contribution >= 0.6 is 0 Å². The van der Waals surface area contributed by atoms with E-state index >= 15 is 0 Å². The van der Waals surface area contributed by atoms with Gasteiger partial charge in [-0.1, -0.05) is 6.07 Å². The molecule has 1 aromatic carbocycles. The SMILES string of the molecule is C[C@@H](CCCCNc1c(C(=O)N(C)C)cccc1[N+](=O)[O-])NC(N)=O. The van der Waals surface area contributed by atoms with Crippen LogP contribution < -0.4 is 16.4 Å². The van der Waals surface area contributed by atoms with Gasteiger partial charge in [-0.2, -0.15) is 0 Å². The number of hydrogen-bond donors (Lipinski definition) is 3. The summed E-state index contributed by atoms with van der Waals surface area (Å²) in [4.78, 5) is 35.1. The fourth-order valence-corrected chi connectivity index (χ4v) is 2.40. The van der Waals surface area contributed by atoms with E-state index in [0.29, 0.717) is 6.54 Å². The first-order chi connectivity index (χ1) is 11.7. The van der Waals surface area contributed by atoms with Crippen LogP contribution in [0.4, 0.5) is 16.2 Å². The number of nitro benzene ring substituents is 1. The molecule has 9 nitrogen and oxygen atoms in total. The molecule has 0 bridgehead atoms. The Labute approximate surface area is 146 Å². The molecular weight excluding hydrogens is 326 g/mol. The molecule has 0 fully saturated rings. The molecule has 0 heterocycles. The van der Waals surface area contributed by atoms with E-state index in [1.807, 2.05) is 6.92 Å². The van der Waals surface area contributed by atoms with Crippen molar-refractivity contribution in [3.63, 3.8) is 0 Å². The van der Waals surface area contributed by atoms with E-state index in [-0.39, 0.29) is 28.9 Å². The van der Waals surface area contributed by atoms with Gasteiger partial charge >= 0.3 is 6.03 Å². The number of nitrogens with zero attached hydrogens (tertiary/aromatic N) is 2. The maximum Gasteiger partial charge on any atom is 0.312 e. The molecule has 0 aromatic heterocycles. The lowest BCUT2D eigenvalue weighted by atomic mass is 10.1. The Hall–Kier alpha value is -2.84. The molecule has 1 rings (SSSR count). The Morgan fingerprint density at radius 2 is 2.00 bits per heavy atom. The highest BCUT2D eigenvalue weighted by atomic mass is 16.6. The van der Waals surface area contributed by atoms with Crippen molar-refractivity contribution in [2.75, 3.05) is 26.0 Å². The molecule has 0 saturated carbocycles. The molecule has 1 aromatic rings. The van der Waals surface area contributed by atoms with E-state index in [2.05, 4.69) is 10.6 Å². The Balaban J connectivity index is 2.72. The number of primary amides is 1. The molecule has 0 spiro atoms. The summed E-state index contributed by atoms with van der Waals surface area (Å²) in [5.41, 5.74) is 5.42. The van der Waals surface area contributed by atoms with Crippen molar-refractivity contribution >= 4 is 23.3 Å². The molecule has 3 amide bonds. The third-order valence-corrected chi connectivity index (χ3v) is 3.63. The van der Waals surface area contributed by atoms with Gasteiger partial charge in [0.15, 0.2) is 0 Å². The van der Waals surface area contributed by atoms with Crippen LogP contribution in [0.5, 0.6) is 0 Å². The predicted octanol–water partition coefficient (Wildman–Crippen LogP) is 1.94. The average Bonchev–Trinajstić information content (AvgIpc) is 2.52. The summed E-state index contributed by atoms with van der Waals surface area (Å²) in [6.45, 7) is 2.33. The minimum atomic E-state index is -0.558. The minimum Gasteiger partial charge on any atom is -0.379 e. The monoisotopic (exact) mass is 351 g/mol. The van der Waals surface area contributed by atoms with Crippen molar-refractivity contribution in [2.24, 2.45) is 5.73 Å². The number of benzene rings is 1. The van der Waals surface area contributed by atoms with E-state index in [0.717, 1.165) is 19.3 Å². The van der Waals surface area contributed by atoms with Crippen molar-refractivity contribution in [1.29, 1.82) is 0 Å². The largest absolute Gasteiger partial charge is 0.379 e. The lowest BCUT2D eigenvalue weighted by Crippen LogP contribution is -2.36. The summed E-state index contributed by atoms with van der Waals surface area (Å²) in [6, 6.07) is 3.84. The molecule has 0 unspecified atom stereocenters. The second-order valence-electron chi connectivity index (χ2n) is 5.99. The number of rotatable bonds is 9. The van der Waals surface area contributed by atoms with Gasteiger partial charge in [0.1, 0.15) is 5.69 Å². The van der Waals surface area contributed by atoms with Crippen LogP contribution in [0.2, 0.25) is 0 Å². The molecule has 0 aliphatic heterocycles. The van der Waals surface area contributed by atoms with Crippen LogP contribution in [0.1, 0.15) is 36.5 Å². The first-order valence-corrected chi connectivity index (χ1v) is 8.03. The highest BCUT2D eigenvalue weighted by Gasteiger charge is 2.22. The van der Waals surface area contributed by atoms with Crippen molar-refractivity contribution in [3.05, 3.63) is 33.9 Å². The van der Waals surface area contributed by atoms with Crippen LogP contribution in [0.3, 0.4) is 0 Å². The lowest BCUT2D eigenvalue weighted by Gasteiger charge is -2.16. The molecule has 9 heteroatoms. The molecule has 1 atom stereocenters. The molecule has 4 N–H and O–H groups in total. The molecular formula is C16H25N5O4. The first kappa shape index (κ1) is 20.2. The van der Waals surface area contributed by atoms with Gasteiger partial charge in [-0.05, 0) is 32.3 Å². The Kier molecular flexibility index (Phi) is 7.64. The van der Waals surface area contributed by atoms with Crippen molar-refractivity contribution in [1.82, 2.24) is 10.2 Å². The van der Waals surface area contributed by atoms with Gasteiger partial charge in [0.25, 0.3) is 11.6 Å². The maximum atomic E-state index is 12.2. The van der Waals surface area contributed by atoms with Crippen molar-refractivity contribution < 1.29 is 14.5 Å². The number of nitro groups is 1. The number of nitrogens with one attached hydrogen (secondary N) is 2. The van der Waals surface area contributed by atoms with Gasteiger partial charge in [-0.15, -0.1) is 0 Å². The smallest absolute Gasteiger partial charge is 0.312 e. The Bertz CT molecular complexity index is 633. The molecule has 0 radical (unpaired) electrons. The van der Waals surface area contributed by atoms with E-state index in [1.165, 1.54) is 17.0 Å². The van der Waals surface area contributed by atoms with Crippen LogP contribution in [0.25, 0.3) is 0 Å². The summed E-state index contributed by atoms with van der Waals surface area (Å²) in [5, 5.41) is 16.8. The summed E-state index contributed by atoms with van der Waals surface area (Å²) in [7, 11) is 3.19. The van der Waals surface area contributed by atoms with Crippen LogP contribution in [0.15, 0.2) is 18.2 Å². The van der Waals surface area contributed by atoms with E-state index in [9.17, 15) is 19.7 Å². The van der Waals surface area contributed by atoms with Gasteiger partial charge in [0.2, 0.25) is 0 Å². The first-order valence-electron chi connectivity index (χ1n) is 8.03. The van der Waals surface area contributed by atoms with Gasteiger partial charge in [-0.3, -0.25) is 14.9 Å². The third kappa shape index (κ3) is 6.28. The third-order valence-electron chi connectivity index (χ3n) is 3.63. The second-order valence-corrected chi connectivity index (χ2v) is 5.99. The van der Waals surface area contributed by atoms with Crippen LogP contribution in [0, 0.1) is 10.1 Å². The van der Waals surface area contributed by atoms with Crippen molar-refractivity contribution in [3.8, 4) is 0 Å². The maximum absolute atomic E-state index is 12.2. The summed E-state index contributed by atoms with van der Waals surface area (Å²) >= 11 is 0. The normalized spacial score (nSPS) is 11.5. The van der Waals surface area contributed by atoms with Crippen molar-refractivity contribution in [2.45, 2.75) is 32.2 Å². The number of carbonyl (C=O) groups is 2. The van der Waals surface area contributed by atoms with Gasteiger partial charge in [-0.25, -0.2) is 4.79 Å². The number of anilines is 1. The zero-order chi connectivity index (χ0) is 19.0. The molecule has 0 aliphatic carbocycles. The fraction of sp³-hybridized carbons (Fsp3) is 0.500. The Morgan fingerprint density at radius 3 is 2.56 bits per heavy atom. The van der Waals surface area contributed by atoms with Crippen LogP contribution in [-0.2, 0) is 0 Å². The number of para-hydroxylation sites is 1. The zero-order valence-electron chi connectivity index (χ0n) is 14.7. The fourth-order valence-electron chi connectivity index (χ4n) is 2.40. The number of hydrogen-bond acceptors (Lipinski definition) is 5. The summed E-state index contributed by atoms with van der Waals surface area (Å²) in [6.07, 6.45) is 2.27. The minimum absolute atomic E-state index is 0.0329. The molecule has 25 heavy (non-hydrogen) atoms. The standard InChI is InChI=1S/C16H25N5O4/c1-11(19-16(17)23)7-4-5-10-18-14-12(15(22)20(2)3)8-6-9-13(14)21(24)25/h6,8-9,11,18H,4-5,7,10H2,1-3H3,(H3,17,19,23)/t11-/m0/s1. The number of urea groups is 1. The predicted molar refractivity (Wildman–Crippen MR) is 95.6 cm³/mol. The number of carbonyl (C=O) groups excluding carboxylic acids is 2. The molecule has 0 saturated heterocycles. The second kappa shape index (κ2) is 9.45. The number of unbranched alkanes of at least 4 members (excludes halogenated alkanes) is 1. The summed E-state index contributed by atoms with van der Waals surface area (Å²) < 4.78 is 0. The summed E-state index contributed by atoms with van der Waals surface area (Å²) in [5.74, 6) is -0.300. The van der Waals surface area contributed by atoms with E-state index in [1.54, 1.807) is 20.2 Å².